The second kappa shape index (κ2) is 15.7. The average molecular weight is 714 g/mol. The van der Waals surface area contributed by atoms with Crippen LogP contribution in [0.2, 0.25) is 0 Å². The Morgan fingerprint density at radius 3 is 1.83 bits per heavy atom. The van der Waals surface area contributed by atoms with Gasteiger partial charge in [0.25, 0.3) is 11.1 Å². The Balaban J connectivity index is 0.000000156. The number of aromatic amines is 1. The van der Waals surface area contributed by atoms with Gasteiger partial charge in [-0.15, -0.1) is 0 Å². The van der Waals surface area contributed by atoms with Crippen LogP contribution in [0.3, 0.4) is 0 Å². The smallest absolute Gasteiger partial charge is 0.255 e. The number of likely N-dealkylation sites (tertiary alicyclic amines) is 1. The Kier molecular flexibility index (Phi) is 10.5. The van der Waals surface area contributed by atoms with Crippen molar-refractivity contribution in [2.24, 2.45) is 0 Å². The van der Waals surface area contributed by atoms with Crippen molar-refractivity contribution in [3.05, 3.63) is 139 Å². The molecule has 0 saturated carbocycles. The molecule has 9 rings (SSSR count). The highest BCUT2D eigenvalue weighted by atomic mass is 16.3. The predicted octanol–water partition coefficient (Wildman–Crippen LogP) is 7.05. The summed E-state index contributed by atoms with van der Waals surface area (Å²) in [6.07, 6.45) is 12.9. The SMILES string of the molecule is CN(Cc1ccco1)Cc1cc2cc3c(cc2[nH]c1=O)CCC3.CN(Cc1ccco1)Cc1cc2cc3c(cc2n(CCN2CCCC2)c1=O)CCC3. The van der Waals surface area contributed by atoms with Crippen molar-refractivity contribution in [2.75, 3.05) is 33.7 Å². The van der Waals surface area contributed by atoms with Crippen LogP contribution in [0, 0.1) is 0 Å². The predicted molar refractivity (Wildman–Crippen MR) is 210 cm³/mol. The summed E-state index contributed by atoms with van der Waals surface area (Å²) < 4.78 is 12.9. The van der Waals surface area contributed by atoms with Crippen LogP contribution in [0.1, 0.15) is 70.6 Å². The molecule has 3 aliphatic rings. The Bertz CT molecular complexity index is 2300. The molecule has 1 aliphatic heterocycles. The van der Waals surface area contributed by atoms with Gasteiger partial charge in [-0.05, 0) is 172 Å². The minimum atomic E-state index is 0.00161. The number of nitrogens with one attached hydrogen (secondary N) is 1. The Hall–Kier alpha value is -4.70. The van der Waals surface area contributed by atoms with E-state index in [0.29, 0.717) is 26.2 Å². The van der Waals surface area contributed by atoms with Crippen LogP contribution in [0.5, 0.6) is 0 Å². The zero-order chi connectivity index (χ0) is 36.3. The number of hydrogen-bond donors (Lipinski definition) is 1. The highest BCUT2D eigenvalue weighted by Crippen LogP contribution is 2.28. The van der Waals surface area contributed by atoms with E-state index in [9.17, 15) is 9.59 Å². The van der Waals surface area contributed by atoms with E-state index >= 15 is 0 Å². The van der Waals surface area contributed by atoms with E-state index in [-0.39, 0.29) is 11.1 Å². The molecule has 4 aromatic heterocycles. The first-order valence-electron chi connectivity index (χ1n) is 19.4. The quantitative estimate of drug-likeness (QED) is 0.154. The number of H-pyrrole nitrogens is 1. The second-order valence-corrected chi connectivity index (χ2v) is 15.4. The van der Waals surface area contributed by atoms with Crippen LogP contribution in [0.4, 0.5) is 0 Å². The summed E-state index contributed by atoms with van der Waals surface area (Å²) in [6, 6.07) is 20.9. The lowest BCUT2D eigenvalue weighted by Crippen LogP contribution is -2.32. The third-order valence-electron chi connectivity index (χ3n) is 11.2. The number of aromatic nitrogens is 2. The normalized spacial score (nSPS) is 15.5. The molecule has 0 amide bonds. The molecule has 1 N–H and O–H groups in total. The number of pyridine rings is 2. The van der Waals surface area contributed by atoms with E-state index < -0.39 is 0 Å². The summed E-state index contributed by atoms with van der Waals surface area (Å²) in [4.78, 5) is 35.7. The van der Waals surface area contributed by atoms with Gasteiger partial charge >= 0.3 is 0 Å². The van der Waals surface area contributed by atoms with Crippen molar-refractivity contribution < 1.29 is 8.83 Å². The molecule has 276 valence electrons. The lowest BCUT2D eigenvalue weighted by molar-refractivity contribution is 0.285. The summed E-state index contributed by atoms with van der Waals surface area (Å²) in [5, 5.41) is 2.34. The number of fused-ring (bicyclic) bond motifs is 4. The molecule has 2 aromatic carbocycles. The third-order valence-corrected chi connectivity index (χ3v) is 11.2. The molecule has 9 heteroatoms. The zero-order valence-electron chi connectivity index (χ0n) is 31.2. The molecule has 5 heterocycles. The molecule has 9 nitrogen and oxygen atoms in total. The van der Waals surface area contributed by atoms with Gasteiger partial charge in [0, 0.05) is 42.8 Å². The van der Waals surface area contributed by atoms with E-state index in [2.05, 4.69) is 50.0 Å². The minimum Gasteiger partial charge on any atom is -0.468 e. The number of nitrogens with zero attached hydrogens (tertiary/aromatic N) is 4. The monoisotopic (exact) mass is 713 g/mol. The Labute approximate surface area is 310 Å². The van der Waals surface area contributed by atoms with Gasteiger partial charge in [-0.25, -0.2) is 0 Å². The molecule has 2 aliphatic carbocycles. The lowest BCUT2D eigenvalue weighted by Gasteiger charge is -2.20. The zero-order valence-corrected chi connectivity index (χ0v) is 31.2. The molecule has 53 heavy (non-hydrogen) atoms. The molecule has 0 spiro atoms. The lowest BCUT2D eigenvalue weighted by atomic mass is 10.0. The van der Waals surface area contributed by atoms with Crippen molar-refractivity contribution in [3.8, 4) is 0 Å². The van der Waals surface area contributed by atoms with Gasteiger partial charge in [0.05, 0.1) is 31.1 Å². The number of benzene rings is 2. The van der Waals surface area contributed by atoms with E-state index in [4.69, 9.17) is 8.83 Å². The first kappa shape index (κ1) is 35.3. The van der Waals surface area contributed by atoms with Crippen molar-refractivity contribution in [1.29, 1.82) is 0 Å². The average Bonchev–Trinajstić information content (AvgIpc) is 3.99. The molecular weight excluding hydrogens is 663 g/mol. The van der Waals surface area contributed by atoms with Crippen molar-refractivity contribution in [2.45, 2.75) is 84.1 Å². The fourth-order valence-electron chi connectivity index (χ4n) is 8.57. The van der Waals surface area contributed by atoms with E-state index in [1.54, 1.807) is 12.5 Å². The summed E-state index contributed by atoms with van der Waals surface area (Å²) >= 11 is 0. The fraction of sp³-hybridized carbons (Fsp3) is 0.409. The number of aryl methyl sites for hydroxylation is 4. The number of furan rings is 2. The van der Waals surface area contributed by atoms with Crippen LogP contribution in [-0.4, -0.2) is 58.0 Å². The molecule has 0 bridgehead atoms. The molecule has 1 saturated heterocycles. The standard InChI is InChI=1S/C25H31N3O2.C19H20N2O2/c1-26(18-23-8-5-13-30-23)17-22-15-21-14-19-6-4-7-20(19)16-24(21)28(25(22)29)12-11-27-9-2-3-10-27;1-21(12-17-6-3-7-23-17)11-16-9-15-8-13-4-2-5-14(13)10-18(15)20-19(16)22/h5,8,13-16H,2-4,6-7,9-12,17-18H2,1H3;3,6-10H,2,4-5,11-12H2,1H3,(H,20,22). The molecule has 0 atom stereocenters. The van der Waals surface area contributed by atoms with Crippen LogP contribution >= 0.6 is 0 Å². The molecular formula is C44H51N5O4. The Morgan fingerprint density at radius 1 is 0.642 bits per heavy atom. The van der Waals surface area contributed by atoms with E-state index in [0.717, 1.165) is 90.9 Å². The van der Waals surface area contributed by atoms with Gasteiger partial charge < -0.3 is 23.3 Å². The van der Waals surface area contributed by atoms with Crippen LogP contribution in [0.15, 0.2) is 91.6 Å². The molecule has 6 aromatic rings. The second-order valence-electron chi connectivity index (χ2n) is 15.4. The van der Waals surface area contributed by atoms with Gasteiger partial charge in [0.2, 0.25) is 0 Å². The maximum absolute atomic E-state index is 13.5. The van der Waals surface area contributed by atoms with Crippen LogP contribution in [0.25, 0.3) is 21.8 Å². The first-order valence-corrected chi connectivity index (χ1v) is 19.4. The molecule has 0 unspecified atom stereocenters. The highest BCUT2D eigenvalue weighted by molar-refractivity contribution is 5.82. The van der Waals surface area contributed by atoms with Gasteiger partial charge in [-0.1, -0.05) is 0 Å². The molecule has 0 radical (unpaired) electrons. The summed E-state index contributed by atoms with van der Waals surface area (Å²) in [7, 11) is 4.04. The van der Waals surface area contributed by atoms with Crippen molar-refractivity contribution in [3.63, 3.8) is 0 Å². The van der Waals surface area contributed by atoms with Gasteiger partial charge in [-0.3, -0.25) is 19.4 Å². The number of hydrogen-bond acceptors (Lipinski definition) is 7. The maximum Gasteiger partial charge on any atom is 0.255 e. The highest BCUT2D eigenvalue weighted by Gasteiger charge is 2.19. The van der Waals surface area contributed by atoms with Crippen LogP contribution < -0.4 is 11.1 Å². The first-order chi connectivity index (χ1) is 25.9. The van der Waals surface area contributed by atoms with Crippen molar-refractivity contribution in [1.82, 2.24) is 24.3 Å². The van der Waals surface area contributed by atoms with E-state index in [1.165, 1.54) is 53.3 Å². The topological polar surface area (TPSA) is 90.9 Å². The maximum atomic E-state index is 13.5. The van der Waals surface area contributed by atoms with E-state index in [1.807, 2.05) is 49.0 Å². The number of rotatable bonds is 11. The largest absolute Gasteiger partial charge is 0.468 e. The van der Waals surface area contributed by atoms with Gasteiger partial charge in [0.1, 0.15) is 11.5 Å². The summed E-state index contributed by atoms with van der Waals surface area (Å²) in [6.45, 7) is 6.65. The van der Waals surface area contributed by atoms with Crippen LogP contribution in [-0.2, 0) is 58.4 Å². The summed E-state index contributed by atoms with van der Waals surface area (Å²) in [5.41, 5.74) is 9.59. The Morgan fingerprint density at radius 2 is 1.21 bits per heavy atom. The summed E-state index contributed by atoms with van der Waals surface area (Å²) in [5.74, 6) is 1.83. The van der Waals surface area contributed by atoms with Crippen molar-refractivity contribution >= 4 is 21.8 Å². The third kappa shape index (κ3) is 8.12. The van der Waals surface area contributed by atoms with Gasteiger partial charge in [-0.2, -0.15) is 0 Å². The molecule has 1 fully saturated rings. The minimum absolute atomic E-state index is 0.00161. The fourth-order valence-corrected chi connectivity index (χ4v) is 8.57. The van der Waals surface area contributed by atoms with Gasteiger partial charge in [0.15, 0.2) is 0 Å².